The third-order valence-electron chi connectivity index (χ3n) is 3.17. The molecule has 1 N–H and O–H groups in total. The Morgan fingerprint density at radius 2 is 2.24 bits per heavy atom. The van der Waals surface area contributed by atoms with E-state index >= 15 is 0 Å². The van der Waals surface area contributed by atoms with Gasteiger partial charge in [-0.15, -0.1) is 11.3 Å². The van der Waals surface area contributed by atoms with Crippen molar-refractivity contribution in [2.75, 3.05) is 26.7 Å². The normalized spacial score (nSPS) is 17.6. The number of hydrogen-bond acceptors (Lipinski definition) is 4. The molecule has 1 aliphatic rings. The van der Waals surface area contributed by atoms with Crippen molar-refractivity contribution < 1.29 is 4.79 Å². The second-order valence-corrected chi connectivity index (χ2v) is 6.14. The second kappa shape index (κ2) is 5.96. The largest absolute Gasteiger partial charge is 0.317 e. The Morgan fingerprint density at radius 1 is 1.53 bits per heavy atom. The fourth-order valence-electron chi connectivity index (χ4n) is 2.15. The lowest BCUT2D eigenvalue weighted by Crippen LogP contribution is -2.43. The SMILES string of the molecule is CN(CC(=O)c1ccc(Cl)s1)C1CCNCC1. The molecule has 0 aliphatic carbocycles. The van der Waals surface area contributed by atoms with Gasteiger partial charge in [0.05, 0.1) is 15.8 Å². The zero-order valence-corrected chi connectivity index (χ0v) is 11.5. The maximum absolute atomic E-state index is 12.0. The molecule has 0 atom stereocenters. The van der Waals surface area contributed by atoms with Gasteiger partial charge in [-0.25, -0.2) is 0 Å². The number of likely N-dealkylation sites (N-methyl/N-ethyl adjacent to an activating group) is 1. The molecule has 1 aromatic rings. The highest BCUT2D eigenvalue weighted by atomic mass is 35.5. The summed E-state index contributed by atoms with van der Waals surface area (Å²) < 4.78 is 0.679. The maximum atomic E-state index is 12.0. The molecule has 1 fully saturated rings. The van der Waals surface area contributed by atoms with Crippen LogP contribution in [0.1, 0.15) is 22.5 Å². The molecule has 17 heavy (non-hydrogen) atoms. The fraction of sp³-hybridized carbons (Fsp3) is 0.583. The predicted molar refractivity (Wildman–Crippen MR) is 72.2 cm³/mol. The summed E-state index contributed by atoms with van der Waals surface area (Å²) in [6.07, 6.45) is 2.24. The highest BCUT2D eigenvalue weighted by molar-refractivity contribution is 7.18. The molecular weight excluding hydrogens is 256 g/mol. The standard InChI is InChI=1S/C12H17ClN2OS/c1-15(9-4-6-14-7-5-9)8-10(16)11-2-3-12(13)17-11/h2-3,9,14H,4-8H2,1H3. The van der Waals surface area contributed by atoms with Gasteiger partial charge in [0.2, 0.25) is 0 Å². The molecule has 1 aliphatic heterocycles. The van der Waals surface area contributed by atoms with E-state index in [1.165, 1.54) is 11.3 Å². The molecule has 0 unspecified atom stereocenters. The quantitative estimate of drug-likeness (QED) is 0.854. The van der Waals surface area contributed by atoms with Crippen LogP contribution in [0.2, 0.25) is 4.34 Å². The number of ketones is 1. The summed E-state index contributed by atoms with van der Waals surface area (Å²) in [5.41, 5.74) is 0. The Morgan fingerprint density at radius 3 is 2.82 bits per heavy atom. The molecule has 1 aromatic heterocycles. The van der Waals surface area contributed by atoms with Crippen LogP contribution in [0.3, 0.4) is 0 Å². The van der Waals surface area contributed by atoms with Gasteiger partial charge in [0.15, 0.2) is 5.78 Å². The molecule has 0 saturated carbocycles. The Kier molecular flexibility index (Phi) is 4.56. The molecule has 3 nitrogen and oxygen atoms in total. The number of halogens is 1. The minimum atomic E-state index is 0.169. The van der Waals surface area contributed by atoms with Crippen LogP contribution in [-0.2, 0) is 0 Å². The van der Waals surface area contributed by atoms with Crippen LogP contribution in [-0.4, -0.2) is 43.4 Å². The second-order valence-electron chi connectivity index (χ2n) is 4.42. The molecule has 0 bridgehead atoms. The van der Waals surface area contributed by atoms with E-state index in [9.17, 15) is 4.79 Å². The highest BCUT2D eigenvalue weighted by Crippen LogP contribution is 2.22. The molecule has 0 aromatic carbocycles. The lowest BCUT2D eigenvalue weighted by molar-refractivity contribution is 0.0907. The van der Waals surface area contributed by atoms with Crippen LogP contribution in [0.15, 0.2) is 12.1 Å². The number of piperidine rings is 1. The number of rotatable bonds is 4. The van der Waals surface area contributed by atoms with Gasteiger partial charge in [0, 0.05) is 6.04 Å². The van der Waals surface area contributed by atoms with E-state index in [-0.39, 0.29) is 5.78 Å². The molecule has 0 radical (unpaired) electrons. The first kappa shape index (κ1) is 13.0. The first-order valence-electron chi connectivity index (χ1n) is 5.86. The number of thiophene rings is 1. The summed E-state index contributed by atoms with van der Waals surface area (Å²) in [4.78, 5) is 14.9. The van der Waals surface area contributed by atoms with Crippen molar-refractivity contribution in [2.24, 2.45) is 0 Å². The van der Waals surface area contributed by atoms with Crippen LogP contribution in [0.4, 0.5) is 0 Å². The minimum absolute atomic E-state index is 0.169. The van der Waals surface area contributed by atoms with Crippen LogP contribution in [0.25, 0.3) is 0 Å². The molecule has 1 saturated heterocycles. The van der Waals surface area contributed by atoms with Crippen molar-refractivity contribution in [3.05, 3.63) is 21.3 Å². The topological polar surface area (TPSA) is 32.3 Å². The highest BCUT2D eigenvalue weighted by Gasteiger charge is 2.20. The molecule has 5 heteroatoms. The number of carbonyl (C=O) groups excluding carboxylic acids is 1. The Labute approximate surface area is 111 Å². The van der Waals surface area contributed by atoms with Gasteiger partial charge in [-0.1, -0.05) is 11.6 Å². The van der Waals surface area contributed by atoms with Crippen molar-refractivity contribution in [1.29, 1.82) is 0 Å². The van der Waals surface area contributed by atoms with E-state index in [1.807, 2.05) is 13.1 Å². The third-order valence-corrected chi connectivity index (χ3v) is 4.45. The molecule has 94 valence electrons. The predicted octanol–water partition coefficient (Wildman–Crippen LogP) is 2.27. The van der Waals surface area contributed by atoms with E-state index in [1.54, 1.807) is 6.07 Å². The van der Waals surface area contributed by atoms with E-state index in [0.29, 0.717) is 16.9 Å². The monoisotopic (exact) mass is 272 g/mol. The first-order chi connectivity index (χ1) is 8.16. The number of hydrogen-bond donors (Lipinski definition) is 1. The molecule has 2 heterocycles. The maximum Gasteiger partial charge on any atom is 0.186 e. The van der Waals surface area contributed by atoms with E-state index in [2.05, 4.69) is 10.2 Å². The molecular formula is C12H17ClN2OS. The van der Waals surface area contributed by atoms with Crippen molar-refractivity contribution in [3.63, 3.8) is 0 Å². The van der Waals surface area contributed by atoms with Gasteiger partial charge in [-0.3, -0.25) is 9.69 Å². The van der Waals surface area contributed by atoms with Crippen LogP contribution in [0.5, 0.6) is 0 Å². The zero-order chi connectivity index (χ0) is 12.3. The van der Waals surface area contributed by atoms with Crippen LogP contribution < -0.4 is 5.32 Å². The lowest BCUT2D eigenvalue weighted by Gasteiger charge is -2.30. The average molecular weight is 273 g/mol. The summed E-state index contributed by atoms with van der Waals surface area (Å²) in [5, 5.41) is 3.33. The Balaban J connectivity index is 1.89. The Hall–Kier alpha value is -0.420. The van der Waals surface area contributed by atoms with E-state index in [0.717, 1.165) is 30.8 Å². The van der Waals surface area contributed by atoms with Crippen molar-refractivity contribution in [3.8, 4) is 0 Å². The number of nitrogens with one attached hydrogen (secondary N) is 1. The van der Waals surface area contributed by atoms with Crippen molar-refractivity contribution in [1.82, 2.24) is 10.2 Å². The lowest BCUT2D eigenvalue weighted by atomic mass is 10.1. The summed E-state index contributed by atoms with van der Waals surface area (Å²) in [6.45, 7) is 2.59. The van der Waals surface area contributed by atoms with Gasteiger partial charge in [0.25, 0.3) is 0 Å². The van der Waals surface area contributed by atoms with E-state index in [4.69, 9.17) is 11.6 Å². The minimum Gasteiger partial charge on any atom is -0.317 e. The number of carbonyl (C=O) groups is 1. The van der Waals surface area contributed by atoms with Gasteiger partial charge in [0.1, 0.15) is 0 Å². The summed E-state index contributed by atoms with van der Waals surface area (Å²) in [5.74, 6) is 0.169. The summed E-state index contributed by atoms with van der Waals surface area (Å²) >= 11 is 7.20. The summed E-state index contributed by atoms with van der Waals surface area (Å²) in [7, 11) is 2.03. The zero-order valence-electron chi connectivity index (χ0n) is 9.91. The van der Waals surface area contributed by atoms with Crippen molar-refractivity contribution >= 4 is 28.7 Å². The first-order valence-corrected chi connectivity index (χ1v) is 7.06. The summed E-state index contributed by atoms with van der Waals surface area (Å²) in [6, 6.07) is 4.12. The van der Waals surface area contributed by atoms with Gasteiger partial charge in [-0.05, 0) is 45.1 Å². The molecule has 0 spiro atoms. The van der Waals surface area contributed by atoms with Crippen LogP contribution in [0, 0.1) is 0 Å². The Bertz CT molecular complexity index is 388. The van der Waals surface area contributed by atoms with Gasteiger partial charge in [-0.2, -0.15) is 0 Å². The number of Topliss-reactive ketones (excluding diaryl/α,β-unsaturated/α-hetero) is 1. The van der Waals surface area contributed by atoms with Crippen molar-refractivity contribution in [2.45, 2.75) is 18.9 Å². The van der Waals surface area contributed by atoms with E-state index < -0.39 is 0 Å². The molecule has 0 amide bonds. The number of nitrogens with zero attached hydrogens (tertiary/aromatic N) is 1. The van der Waals surface area contributed by atoms with Gasteiger partial charge < -0.3 is 5.32 Å². The fourth-order valence-corrected chi connectivity index (χ4v) is 3.12. The molecule has 2 rings (SSSR count). The van der Waals surface area contributed by atoms with Gasteiger partial charge >= 0.3 is 0 Å². The third kappa shape index (κ3) is 3.52. The average Bonchev–Trinajstić information content (AvgIpc) is 2.77. The van der Waals surface area contributed by atoms with Crippen LogP contribution >= 0.6 is 22.9 Å². The smallest absolute Gasteiger partial charge is 0.186 e.